The van der Waals surface area contributed by atoms with E-state index in [9.17, 15) is 4.39 Å². The van der Waals surface area contributed by atoms with Crippen LogP contribution in [0.25, 0.3) is 0 Å². The smallest absolute Gasteiger partial charge is 0.123 e. The van der Waals surface area contributed by atoms with E-state index in [2.05, 4.69) is 17.1 Å². The summed E-state index contributed by atoms with van der Waals surface area (Å²) in [6.07, 6.45) is -0.0112. The van der Waals surface area contributed by atoms with Gasteiger partial charge in [-0.25, -0.2) is 4.39 Å². The van der Waals surface area contributed by atoms with Gasteiger partial charge < -0.3 is 10.1 Å². The lowest BCUT2D eigenvalue weighted by atomic mass is 9.99. The molecule has 1 aliphatic heterocycles. The Kier molecular flexibility index (Phi) is 5.78. The average molecular weight is 301 g/mol. The largest absolute Gasteiger partial charge is 0.374 e. The van der Waals surface area contributed by atoms with Crippen molar-refractivity contribution in [1.29, 1.82) is 0 Å². The monoisotopic (exact) mass is 300 g/mol. The highest BCUT2D eigenvalue weighted by Gasteiger charge is 2.29. The van der Waals surface area contributed by atoms with Gasteiger partial charge in [-0.2, -0.15) is 0 Å². The first kappa shape index (κ1) is 15.7. The van der Waals surface area contributed by atoms with Crippen molar-refractivity contribution < 1.29 is 9.13 Å². The molecule has 112 valence electrons. The molecule has 1 saturated heterocycles. The van der Waals surface area contributed by atoms with Crippen LogP contribution < -0.4 is 5.32 Å². The summed E-state index contributed by atoms with van der Waals surface area (Å²) in [7, 11) is 0. The normalized spacial score (nSPS) is 21.9. The van der Waals surface area contributed by atoms with Crippen LogP contribution in [-0.4, -0.2) is 43.8 Å². The van der Waals surface area contributed by atoms with Crippen LogP contribution in [-0.2, 0) is 4.74 Å². The predicted octanol–water partition coefficient (Wildman–Crippen LogP) is 2.85. The minimum atomic E-state index is -0.268. The van der Waals surface area contributed by atoms with E-state index in [-0.39, 0.29) is 18.0 Å². The second-order valence-electron chi connectivity index (χ2n) is 5.00. The Hall–Kier alpha value is -0.680. The number of hydrogen-bond donors (Lipinski definition) is 1. The number of halogens is 2. The molecule has 0 spiro atoms. The van der Waals surface area contributed by atoms with Gasteiger partial charge in [0.1, 0.15) is 5.82 Å². The van der Waals surface area contributed by atoms with Gasteiger partial charge in [0.15, 0.2) is 0 Å². The van der Waals surface area contributed by atoms with Gasteiger partial charge in [-0.3, -0.25) is 4.90 Å². The van der Waals surface area contributed by atoms with Crippen molar-refractivity contribution in [3.05, 3.63) is 34.6 Å². The molecule has 1 aromatic carbocycles. The van der Waals surface area contributed by atoms with E-state index in [0.29, 0.717) is 11.6 Å². The third-order valence-corrected chi connectivity index (χ3v) is 4.06. The maximum Gasteiger partial charge on any atom is 0.123 e. The number of hydrogen-bond acceptors (Lipinski definition) is 3. The van der Waals surface area contributed by atoms with E-state index in [0.717, 1.165) is 31.7 Å². The van der Waals surface area contributed by atoms with E-state index >= 15 is 0 Å². The van der Waals surface area contributed by atoms with Crippen molar-refractivity contribution in [1.82, 2.24) is 10.2 Å². The van der Waals surface area contributed by atoms with Crippen LogP contribution in [0.4, 0.5) is 4.39 Å². The second-order valence-corrected chi connectivity index (χ2v) is 5.41. The molecule has 5 heteroatoms. The number of rotatable bonds is 5. The Balaban J connectivity index is 2.23. The van der Waals surface area contributed by atoms with Gasteiger partial charge in [0.2, 0.25) is 0 Å². The minimum absolute atomic E-state index is 0.0112. The molecule has 2 rings (SSSR count). The van der Waals surface area contributed by atoms with Crippen LogP contribution >= 0.6 is 11.6 Å². The molecule has 3 nitrogen and oxygen atoms in total. The fraction of sp³-hybridized carbons (Fsp3) is 0.600. The molecule has 0 radical (unpaired) electrons. The molecule has 1 aliphatic rings. The van der Waals surface area contributed by atoms with Gasteiger partial charge in [0, 0.05) is 18.1 Å². The van der Waals surface area contributed by atoms with Crippen LogP contribution in [0, 0.1) is 5.82 Å². The molecule has 0 amide bonds. The van der Waals surface area contributed by atoms with Crippen molar-refractivity contribution >= 4 is 11.6 Å². The lowest BCUT2D eigenvalue weighted by Crippen LogP contribution is -2.48. The van der Waals surface area contributed by atoms with Gasteiger partial charge in [-0.15, -0.1) is 0 Å². The molecule has 0 bridgehead atoms. The Bertz CT molecular complexity index is 444. The summed E-state index contributed by atoms with van der Waals surface area (Å²) in [5, 5.41) is 3.96. The van der Waals surface area contributed by atoms with Gasteiger partial charge in [-0.1, -0.05) is 25.4 Å². The lowest BCUT2D eigenvalue weighted by molar-refractivity contribution is -0.0453. The maximum atomic E-state index is 13.5. The van der Waals surface area contributed by atoms with Crippen LogP contribution in [0.15, 0.2) is 18.2 Å². The Morgan fingerprint density at radius 2 is 2.30 bits per heavy atom. The van der Waals surface area contributed by atoms with Crippen LogP contribution in [0.1, 0.15) is 25.5 Å². The number of morpholine rings is 1. The van der Waals surface area contributed by atoms with Crippen molar-refractivity contribution in [3.63, 3.8) is 0 Å². The van der Waals surface area contributed by atoms with Crippen molar-refractivity contribution in [2.24, 2.45) is 0 Å². The molecule has 20 heavy (non-hydrogen) atoms. The fourth-order valence-corrected chi connectivity index (χ4v) is 2.87. The molecular formula is C15H22ClFN2O. The van der Waals surface area contributed by atoms with E-state index < -0.39 is 0 Å². The zero-order chi connectivity index (χ0) is 14.5. The van der Waals surface area contributed by atoms with E-state index in [1.807, 2.05) is 6.92 Å². The molecule has 0 aliphatic carbocycles. The van der Waals surface area contributed by atoms with Gasteiger partial charge in [-0.05, 0) is 36.9 Å². The van der Waals surface area contributed by atoms with E-state index in [4.69, 9.17) is 16.3 Å². The first-order valence-corrected chi connectivity index (χ1v) is 7.55. The summed E-state index contributed by atoms with van der Waals surface area (Å²) in [5.41, 5.74) is 0.775. The topological polar surface area (TPSA) is 24.5 Å². The summed E-state index contributed by atoms with van der Waals surface area (Å²) in [4.78, 5) is 2.34. The van der Waals surface area contributed by atoms with E-state index in [1.54, 1.807) is 6.07 Å². The zero-order valence-electron chi connectivity index (χ0n) is 12.0. The molecule has 1 heterocycles. The summed E-state index contributed by atoms with van der Waals surface area (Å²) in [6, 6.07) is 4.41. The average Bonchev–Trinajstić information content (AvgIpc) is 2.47. The number of likely N-dealkylation sites (N-methyl/N-ethyl adjacent to an activating group) is 2. The molecular weight excluding hydrogens is 279 g/mol. The Morgan fingerprint density at radius 3 is 3.00 bits per heavy atom. The summed E-state index contributed by atoms with van der Waals surface area (Å²) in [6.45, 7) is 8.43. The van der Waals surface area contributed by atoms with Gasteiger partial charge in [0.25, 0.3) is 0 Å². The minimum Gasteiger partial charge on any atom is -0.374 e. The zero-order valence-corrected chi connectivity index (χ0v) is 12.8. The number of ether oxygens (including phenoxy) is 1. The summed E-state index contributed by atoms with van der Waals surface area (Å²) in [5.74, 6) is -0.268. The Labute approximate surface area is 125 Å². The quantitative estimate of drug-likeness (QED) is 0.905. The number of benzene rings is 1. The maximum absolute atomic E-state index is 13.5. The second kappa shape index (κ2) is 7.36. The first-order chi connectivity index (χ1) is 9.65. The standard InChI is InChI=1S/C15H22ClFN2O/c1-3-18-15(12-9-11(17)5-6-13(12)16)14-10-19(4-2)7-8-20-14/h5-6,9,14-15,18H,3-4,7-8,10H2,1-2H3. The molecule has 1 aromatic rings. The van der Waals surface area contributed by atoms with Crippen molar-refractivity contribution in [2.45, 2.75) is 26.0 Å². The highest BCUT2D eigenvalue weighted by molar-refractivity contribution is 6.31. The molecule has 0 saturated carbocycles. The van der Waals surface area contributed by atoms with Crippen LogP contribution in [0.3, 0.4) is 0 Å². The number of nitrogens with zero attached hydrogens (tertiary/aromatic N) is 1. The van der Waals surface area contributed by atoms with Crippen LogP contribution in [0.5, 0.6) is 0 Å². The SMILES string of the molecule is CCNC(c1cc(F)ccc1Cl)C1CN(CC)CCO1. The van der Waals surface area contributed by atoms with Crippen molar-refractivity contribution in [3.8, 4) is 0 Å². The third kappa shape index (κ3) is 3.70. The molecule has 1 N–H and O–H groups in total. The predicted molar refractivity (Wildman–Crippen MR) is 79.7 cm³/mol. The summed E-state index contributed by atoms with van der Waals surface area (Å²) >= 11 is 6.24. The number of nitrogens with one attached hydrogen (secondary N) is 1. The molecule has 2 atom stereocenters. The molecule has 1 fully saturated rings. The Morgan fingerprint density at radius 1 is 1.50 bits per heavy atom. The lowest BCUT2D eigenvalue weighted by Gasteiger charge is -2.37. The van der Waals surface area contributed by atoms with E-state index in [1.165, 1.54) is 12.1 Å². The summed E-state index contributed by atoms with van der Waals surface area (Å²) < 4.78 is 19.4. The van der Waals surface area contributed by atoms with Gasteiger partial charge >= 0.3 is 0 Å². The first-order valence-electron chi connectivity index (χ1n) is 7.18. The van der Waals surface area contributed by atoms with Crippen LogP contribution in [0.2, 0.25) is 5.02 Å². The third-order valence-electron chi connectivity index (χ3n) is 3.71. The van der Waals surface area contributed by atoms with Crippen molar-refractivity contribution in [2.75, 3.05) is 32.8 Å². The van der Waals surface area contributed by atoms with Gasteiger partial charge in [0.05, 0.1) is 18.8 Å². The highest BCUT2D eigenvalue weighted by Crippen LogP contribution is 2.29. The molecule has 2 unspecified atom stereocenters. The molecule has 0 aromatic heterocycles. The highest BCUT2D eigenvalue weighted by atomic mass is 35.5. The fourth-order valence-electron chi connectivity index (χ4n) is 2.64.